The highest BCUT2D eigenvalue weighted by Gasteiger charge is 2.29. The lowest BCUT2D eigenvalue weighted by atomic mass is 9.89. The van der Waals surface area contributed by atoms with E-state index in [-0.39, 0.29) is 5.91 Å². The summed E-state index contributed by atoms with van der Waals surface area (Å²) in [6.45, 7) is 4.21. The molecule has 0 spiro atoms. The van der Waals surface area contributed by atoms with Crippen LogP contribution in [0, 0.1) is 0 Å². The largest absolute Gasteiger partial charge is 0.354 e. The monoisotopic (exact) mass is 321 g/mol. The first kappa shape index (κ1) is 17.2. The molecule has 23 heavy (non-hydrogen) atoms. The molecule has 1 aliphatic heterocycles. The topological polar surface area (TPSA) is 44.4 Å². The number of hydrogen-bond donors (Lipinski definition) is 2. The summed E-state index contributed by atoms with van der Waals surface area (Å²) in [4.78, 5) is 13.9. The number of piperidine rings is 1. The summed E-state index contributed by atoms with van der Waals surface area (Å²) >= 11 is 0. The van der Waals surface area contributed by atoms with Crippen molar-refractivity contribution in [2.24, 2.45) is 0 Å². The number of likely N-dealkylation sites (tertiary alicyclic amines) is 1. The molecule has 1 heterocycles. The molecule has 0 bridgehead atoms. The predicted molar refractivity (Wildman–Crippen MR) is 94.5 cm³/mol. The fraction of sp³-hybridized carbons (Fsp3) is 0.947. The minimum atomic E-state index is 0.122. The van der Waals surface area contributed by atoms with E-state index in [9.17, 15) is 4.79 Å². The van der Waals surface area contributed by atoms with E-state index in [1.165, 1.54) is 70.9 Å². The van der Waals surface area contributed by atoms with Gasteiger partial charge in [0.2, 0.25) is 5.91 Å². The molecule has 0 aromatic rings. The van der Waals surface area contributed by atoms with Gasteiger partial charge in [-0.1, -0.05) is 19.3 Å². The van der Waals surface area contributed by atoms with Crippen LogP contribution in [0.3, 0.4) is 0 Å². The lowest BCUT2D eigenvalue weighted by molar-refractivity contribution is -0.119. The number of carbonyl (C=O) groups is 1. The number of hydrogen-bond acceptors (Lipinski definition) is 3. The standard InChI is InChI=1S/C19H35N3O/c1-15(23)20-16-9-11-17(12-10-16)21-18-6-5-13-22(14-18)19-7-3-2-4-8-19/h16-19,21H,2-14H2,1H3,(H,20,23)/t16?,17?,18-/m1/s1. The molecular formula is C19H35N3O. The van der Waals surface area contributed by atoms with Gasteiger partial charge in [0.1, 0.15) is 0 Å². The Morgan fingerprint density at radius 1 is 0.826 bits per heavy atom. The number of amides is 1. The molecule has 3 aliphatic rings. The Kier molecular flexibility index (Phi) is 6.35. The Balaban J connectivity index is 1.40. The first-order chi connectivity index (χ1) is 11.2. The van der Waals surface area contributed by atoms with Gasteiger partial charge in [-0.2, -0.15) is 0 Å². The summed E-state index contributed by atoms with van der Waals surface area (Å²) in [6, 6.07) is 2.63. The molecule has 2 saturated carbocycles. The molecule has 0 unspecified atom stereocenters. The van der Waals surface area contributed by atoms with Crippen LogP contribution < -0.4 is 10.6 Å². The number of nitrogens with one attached hydrogen (secondary N) is 2. The van der Waals surface area contributed by atoms with E-state index in [1.54, 1.807) is 6.92 Å². The van der Waals surface area contributed by atoms with Crippen molar-refractivity contribution in [1.82, 2.24) is 15.5 Å². The van der Waals surface area contributed by atoms with Crippen molar-refractivity contribution < 1.29 is 4.79 Å². The second-order valence-electron chi connectivity index (χ2n) is 8.04. The summed E-state index contributed by atoms with van der Waals surface area (Å²) in [5, 5.41) is 7.03. The van der Waals surface area contributed by atoms with Crippen LogP contribution in [0.25, 0.3) is 0 Å². The Bertz CT molecular complexity index is 373. The summed E-state index contributed by atoms with van der Waals surface area (Å²) in [6.07, 6.45) is 14.6. The summed E-state index contributed by atoms with van der Waals surface area (Å²) < 4.78 is 0. The van der Waals surface area contributed by atoms with Gasteiger partial charge in [-0.15, -0.1) is 0 Å². The van der Waals surface area contributed by atoms with E-state index in [1.807, 2.05) is 0 Å². The van der Waals surface area contributed by atoms with Crippen molar-refractivity contribution >= 4 is 5.91 Å². The number of rotatable bonds is 4. The SMILES string of the molecule is CC(=O)NC1CCC(N[C@@H]2CCCN(C3CCCCC3)C2)CC1. The molecule has 0 aromatic carbocycles. The van der Waals surface area contributed by atoms with Crippen molar-refractivity contribution in [2.45, 2.75) is 102 Å². The van der Waals surface area contributed by atoms with Gasteiger partial charge in [-0.3, -0.25) is 9.69 Å². The summed E-state index contributed by atoms with van der Waals surface area (Å²) in [5.74, 6) is 0.122. The predicted octanol–water partition coefficient (Wildman–Crippen LogP) is 2.82. The van der Waals surface area contributed by atoms with Crippen LogP contribution in [-0.2, 0) is 4.79 Å². The molecule has 3 fully saturated rings. The van der Waals surface area contributed by atoms with Crippen molar-refractivity contribution in [3.63, 3.8) is 0 Å². The van der Waals surface area contributed by atoms with Crippen LogP contribution in [-0.4, -0.2) is 48.1 Å². The van der Waals surface area contributed by atoms with Gasteiger partial charge in [0, 0.05) is 37.6 Å². The van der Waals surface area contributed by atoms with Gasteiger partial charge < -0.3 is 10.6 Å². The van der Waals surface area contributed by atoms with E-state index in [0.29, 0.717) is 18.1 Å². The maximum Gasteiger partial charge on any atom is 0.217 e. The van der Waals surface area contributed by atoms with Gasteiger partial charge in [-0.25, -0.2) is 0 Å². The second kappa shape index (κ2) is 8.48. The van der Waals surface area contributed by atoms with E-state index in [4.69, 9.17) is 0 Å². The van der Waals surface area contributed by atoms with Gasteiger partial charge >= 0.3 is 0 Å². The van der Waals surface area contributed by atoms with E-state index < -0.39 is 0 Å². The molecule has 3 rings (SSSR count). The molecule has 1 amide bonds. The first-order valence-corrected chi connectivity index (χ1v) is 9.98. The highest BCUT2D eigenvalue weighted by Crippen LogP contribution is 2.26. The third-order valence-corrected chi connectivity index (χ3v) is 6.15. The normalized spacial score (nSPS) is 34.2. The lowest BCUT2D eigenvalue weighted by Gasteiger charge is -2.42. The number of carbonyl (C=O) groups excluding carboxylic acids is 1. The Morgan fingerprint density at radius 3 is 2.22 bits per heavy atom. The fourth-order valence-corrected chi connectivity index (χ4v) is 4.95. The maximum absolute atomic E-state index is 11.2. The second-order valence-corrected chi connectivity index (χ2v) is 8.04. The van der Waals surface area contributed by atoms with Gasteiger partial charge in [0.05, 0.1) is 0 Å². The third kappa shape index (κ3) is 5.18. The number of nitrogens with zero attached hydrogens (tertiary/aromatic N) is 1. The zero-order chi connectivity index (χ0) is 16.1. The van der Waals surface area contributed by atoms with Crippen molar-refractivity contribution in [3.05, 3.63) is 0 Å². The molecule has 1 atom stereocenters. The van der Waals surface area contributed by atoms with Crippen molar-refractivity contribution in [2.75, 3.05) is 13.1 Å². The van der Waals surface area contributed by atoms with Gasteiger partial charge in [-0.05, 0) is 57.9 Å². The molecule has 2 aliphatic carbocycles. The van der Waals surface area contributed by atoms with Crippen LogP contribution in [0.4, 0.5) is 0 Å². The third-order valence-electron chi connectivity index (χ3n) is 6.15. The quantitative estimate of drug-likeness (QED) is 0.837. The fourth-order valence-electron chi connectivity index (χ4n) is 4.95. The van der Waals surface area contributed by atoms with Crippen molar-refractivity contribution in [1.29, 1.82) is 0 Å². The average Bonchev–Trinajstić information content (AvgIpc) is 2.57. The zero-order valence-electron chi connectivity index (χ0n) is 14.9. The van der Waals surface area contributed by atoms with Gasteiger partial charge in [0.25, 0.3) is 0 Å². The Hall–Kier alpha value is -0.610. The first-order valence-electron chi connectivity index (χ1n) is 9.98. The van der Waals surface area contributed by atoms with Crippen LogP contribution in [0.2, 0.25) is 0 Å². The van der Waals surface area contributed by atoms with Crippen LogP contribution in [0.5, 0.6) is 0 Å². The zero-order valence-corrected chi connectivity index (χ0v) is 14.9. The van der Waals surface area contributed by atoms with Crippen molar-refractivity contribution in [3.8, 4) is 0 Å². The minimum Gasteiger partial charge on any atom is -0.354 e. The van der Waals surface area contributed by atoms with E-state index in [0.717, 1.165) is 18.9 Å². The maximum atomic E-state index is 11.2. The molecular weight excluding hydrogens is 286 g/mol. The summed E-state index contributed by atoms with van der Waals surface area (Å²) in [5.41, 5.74) is 0. The average molecular weight is 322 g/mol. The van der Waals surface area contributed by atoms with E-state index >= 15 is 0 Å². The smallest absolute Gasteiger partial charge is 0.217 e. The molecule has 4 nitrogen and oxygen atoms in total. The Morgan fingerprint density at radius 2 is 1.52 bits per heavy atom. The molecule has 132 valence electrons. The lowest BCUT2D eigenvalue weighted by Crippen LogP contribution is -2.53. The molecule has 2 N–H and O–H groups in total. The molecule has 4 heteroatoms. The van der Waals surface area contributed by atoms with Crippen LogP contribution in [0.15, 0.2) is 0 Å². The minimum absolute atomic E-state index is 0.122. The highest BCUT2D eigenvalue weighted by atomic mass is 16.1. The van der Waals surface area contributed by atoms with E-state index in [2.05, 4.69) is 15.5 Å². The van der Waals surface area contributed by atoms with Crippen LogP contribution >= 0.6 is 0 Å². The van der Waals surface area contributed by atoms with Gasteiger partial charge in [0.15, 0.2) is 0 Å². The molecule has 0 radical (unpaired) electrons. The molecule has 1 saturated heterocycles. The summed E-state index contributed by atoms with van der Waals surface area (Å²) in [7, 11) is 0. The van der Waals surface area contributed by atoms with Crippen LogP contribution in [0.1, 0.15) is 77.6 Å². The highest BCUT2D eigenvalue weighted by molar-refractivity contribution is 5.73. The Labute approximate surface area is 141 Å². The molecule has 0 aromatic heterocycles.